The second-order valence-corrected chi connectivity index (χ2v) is 6.05. The van der Waals surface area contributed by atoms with Gasteiger partial charge in [-0.15, -0.1) is 0 Å². The Kier molecular flexibility index (Phi) is 3.13. The summed E-state index contributed by atoms with van der Waals surface area (Å²) in [5.74, 6) is 1.01. The Morgan fingerprint density at radius 2 is 2.39 bits per heavy atom. The van der Waals surface area contributed by atoms with Crippen molar-refractivity contribution in [3.05, 3.63) is 33.9 Å². The van der Waals surface area contributed by atoms with Crippen LogP contribution in [0.15, 0.2) is 22.8 Å². The average Bonchev–Trinajstić information content (AvgIpc) is 2.94. The van der Waals surface area contributed by atoms with Crippen LogP contribution >= 0.6 is 27.3 Å². The van der Waals surface area contributed by atoms with Gasteiger partial charge >= 0.3 is 0 Å². The summed E-state index contributed by atoms with van der Waals surface area (Å²) in [5, 5.41) is 4.81. The van der Waals surface area contributed by atoms with Crippen LogP contribution in [0.2, 0.25) is 0 Å². The lowest BCUT2D eigenvalue weighted by Gasteiger charge is -2.09. The molecule has 1 aromatic heterocycles. The van der Waals surface area contributed by atoms with Gasteiger partial charge in [-0.05, 0) is 17.7 Å². The molecule has 94 valence electrons. The molecule has 0 amide bonds. The van der Waals surface area contributed by atoms with Gasteiger partial charge in [0.05, 0.1) is 12.8 Å². The summed E-state index contributed by atoms with van der Waals surface area (Å²) in [5.41, 5.74) is 8.05. The molecule has 3 rings (SSSR count). The van der Waals surface area contributed by atoms with E-state index in [1.54, 1.807) is 6.20 Å². The zero-order chi connectivity index (χ0) is 12.5. The summed E-state index contributed by atoms with van der Waals surface area (Å²) < 4.78 is 6.76. The third kappa shape index (κ3) is 2.30. The minimum atomic E-state index is 0.689. The predicted octanol–water partition coefficient (Wildman–Crippen LogP) is 3.03. The Morgan fingerprint density at radius 3 is 3.17 bits per heavy atom. The molecule has 1 aliphatic heterocycles. The number of benzene rings is 1. The molecule has 0 atom stereocenters. The molecular formula is C12H12BrN3OS. The largest absolute Gasteiger partial charge is 0.493 e. The predicted molar refractivity (Wildman–Crippen MR) is 77.2 cm³/mol. The molecule has 1 aromatic carbocycles. The van der Waals surface area contributed by atoms with Crippen LogP contribution in [0, 0.1) is 0 Å². The van der Waals surface area contributed by atoms with E-state index in [1.165, 1.54) is 16.9 Å². The minimum absolute atomic E-state index is 0.689. The molecule has 1 aliphatic rings. The maximum absolute atomic E-state index is 5.68. The van der Waals surface area contributed by atoms with E-state index in [4.69, 9.17) is 10.5 Å². The van der Waals surface area contributed by atoms with E-state index in [0.29, 0.717) is 11.5 Å². The molecule has 0 bridgehead atoms. The van der Waals surface area contributed by atoms with E-state index in [9.17, 15) is 0 Å². The fraction of sp³-hybridized carbons (Fsp3) is 0.250. The standard InChI is InChI=1S/C12H12BrN3OS/c13-9-3-7-1-2-17-11(7)8(4-9)5-15-12-16-6-10(14)18-12/h3-4,6H,1-2,5,14H2,(H,15,16). The van der Waals surface area contributed by atoms with Gasteiger partial charge in [0, 0.05) is 23.0 Å². The number of rotatable bonds is 3. The van der Waals surface area contributed by atoms with Gasteiger partial charge in [-0.2, -0.15) is 0 Å². The summed E-state index contributed by atoms with van der Waals surface area (Å²) in [7, 11) is 0. The number of nitrogens with two attached hydrogens (primary N) is 1. The van der Waals surface area contributed by atoms with Crippen molar-refractivity contribution in [3.63, 3.8) is 0 Å². The Bertz CT molecular complexity index is 585. The van der Waals surface area contributed by atoms with Gasteiger partial charge in [0.25, 0.3) is 0 Å². The molecule has 0 fully saturated rings. The van der Waals surface area contributed by atoms with Crippen LogP contribution in [0.3, 0.4) is 0 Å². The van der Waals surface area contributed by atoms with Crippen molar-refractivity contribution >= 4 is 37.4 Å². The van der Waals surface area contributed by atoms with Crippen molar-refractivity contribution in [2.24, 2.45) is 0 Å². The summed E-state index contributed by atoms with van der Waals surface area (Å²) >= 11 is 4.98. The first-order valence-electron chi connectivity index (χ1n) is 5.61. The van der Waals surface area contributed by atoms with E-state index in [1.807, 2.05) is 0 Å². The molecule has 0 spiro atoms. The van der Waals surface area contributed by atoms with Crippen molar-refractivity contribution in [1.29, 1.82) is 0 Å². The molecule has 2 heterocycles. The number of nitrogens with zero attached hydrogens (tertiary/aromatic N) is 1. The SMILES string of the molecule is Nc1cnc(NCc2cc(Br)cc3c2OCC3)s1. The first-order valence-corrected chi connectivity index (χ1v) is 7.22. The third-order valence-electron chi connectivity index (χ3n) is 2.78. The fourth-order valence-electron chi connectivity index (χ4n) is 2.02. The van der Waals surface area contributed by atoms with E-state index >= 15 is 0 Å². The van der Waals surface area contributed by atoms with Gasteiger partial charge in [0.15, 0.2) is 5.13 Å². The van der Waals surface area contributed by atoms with E-state index in [2.05, 4.69) is 38.4 Å². The molecule has 18 heavy (non-hydrogen) atoms. The van der Waals surface area contributed by atoms with Crippen molar-refractivity contribution < 1.29 is 4.74 Å². The van der Waals surface area contributed by atoms with E-state index in [0.717, 1.165) is 33.9 Å². The average molecular weight is 326 g/mol. The lowest BCUT2D eigenvalue weighted by atomic mass is 10.1. The van der Waals surface area contributed by atoms with Crippen LogP contribution in [-0.2, 0) is 13.0 Å². The highest BCUT2D eigenvalue weighted by molar-refractivity contribution is 9.10. The molecule has 0 aliphatic carbocycles. The number of nitrogens with one attached hydrogen (secondary N) is 1. The Morgan fingerprint density at radius 1 is 1.50 bits per heavy atom. The molecule has 2 aromatic rings. The Balaban J connectivity index is 1.80. The van der Waals surface area contributed by atoms with Crippen molar-refractivity contribution in [2.45, 2.75) is 13.0 Å². The second-order valence-electron chi connectivity index (χ2n) is 4.07. The zero-order valence-corrected chi connectivity index (χ0v) is 12.0. The maximum atomic E-state index is 5.68. The van der Waals surface area contributed by atoms with Gasteiger partial charge in [0.1, 0.15) is 10.8 Å². The maximum Gasteiger partial charge on any atom is 0.184 e. The van der Waals surface area contributed by atoms with Crippen LogP contribution in [0.5, 0.6) is 5.75 Å². The number of hydrogen-bond donors (Lipinski definition) is 2. The lowest BCUT2D eigenvalue weighted by molar-refractivity contribution is 0.354. The van der Waals surface area contributed by atoms with Gasteiger partial charge in [0.2, 0.25) is 0 Å². The number of thiazole rings is 1. The quantitative estimate of drug-likeness (QED) is 0.910. The number of aromatic nitrogens is 1. The highest BCUT2D eigenvalue weighted by atomic mass is 79.9. The smallest absolute Gasteiger partial charge is 0.184 e. The number of fused-ring (bicyclic) bond motifs is 1. The first-order chi connectivity index (χ1) is 8.72. The summed E-state index contributed by atoms with van der Waals surface area (Å²) in [4.78, 5) is 4.18. The molecule has 0 radical (unpaired) electrons. The molecule has 4 nitrogen and oxygen atoms in total. The van der Waals surface area contributed by atoms with Crippen molar-refractivity contribution in [3.8, 4) is 5.75 Å². The Hall–Kier alpha value is -1.27. The van der Waals surface area contributed by atoms with Crippen LogP contribution in [0.4, 0.5) is 10.1 Å². The highest BCUT2D eigenvalue weighted by Gasteiger charge is 2.17. The minimum Gasteiger partial charge on any atom is -0.493 e. The van der Waals surface area contributed by atoms with E-state index < -0.39 is 0 Å². The number of nitrogen functional groups attached to an aromatic ring is 1. The monoisotopic (exact) mass is 325 g/mol. The highest BCUT2D eigenvalue weighted by Crippen LogP contribution is 2.33. The van der Waals surface area contributed by atoms with Crippen LogP contribution in [0.1, 0.15) is 11.1 Å². The molecule has 0 unspecified atom stereocenters. The lowest BCUT2D eigenvalue weighted by Crippen LogP contribution is -2.01. The van der Waals surface area contributed by atoms with Gasteiger partial charge in [-0.1, -0.05) is 27.3 Å². The molecule has 3 N–H and O–H groups in total. The van der Waals surface area contributed by atoms with Gasteiger partial charge in [-0.25, -0.2) is 4.98 Å². The summed E-state index contributed by atoms with van der Waals surface area (Å²) in [6.45, 7) is 1.46. The molecule has 0 saturated heterocycles. The fourth-order valence-corrected chi connectivity index (χ4v) is 3.15. The number of halogens is 1. The zero-order valence-electron chi connectivity index (χ0n) is 9.57. The van der Waals surface area contributed by atoms with Crippen LogP contribution < -0.4 is 15.8 Å². The van der Waals surface area contributed by atoms with Gasteiger partial charge in [-0.3, -0.25) is 0 Å². The summed E-state index contributed by atoms with van der Waals surface area (Å²) in [6, 6.07) is 4.20. The number of hydrogen-bond acceptors (Lipinski definition) is 5. The van der Waals surface area contributed by atoms with Crippen molar-refractivity contribution in [1.82, 2.24) is 4.98 Å². The third-order valence-corrected chi connectivity index (χ3v) is 4.02. The van der Waals surface area contributed by atoms with Crippen LogP contribution in [0.25, 0.3) is 0 Å². The number of anilines is 2. The normalized spacial score (nSPS) is 13.2. The molecule has 0 saturated carbocycles. The first kappa shape index (κ1) is 11.8. The summed E-state index contributed by atoms with van der Waals surface area (Å²) in [6.07, 6.45) is 2.64. The van der Waals surface area contributed by atoms with Crippen LogP contribution in [-0.4, -0.2) is 11.6 Å². The van der Waals surface area contributed by atoms with Crippen molar-refractivity contribution in [2.75, 3.05) is 17.7 Å². The molecule has 6 heteroatoms. The second kappa shape index (κ2) is 4.78. The van der Waals surface area contributed by atoms with Gasteiger partial charge < -0.3 is 15.8 Å². The van der Waals surface area contributed by atoms with E-state index in [-0.39, 0.29) is 0 Å². The Labute approximate surface area is 117 Å². The number of ether oxygens (including phenoxy) is 1. The molecular weight excluding hydrogens is 314 g/mol. The topological polar surface area (TPSA) is 60.2 Å².